The Kier molecular flexibility index (Phi) is 14.8. The number of imide groups is 1. The quantitative estimate of drug-likeness (QED) is 0.0600. The van der Waals surface area contributed by atoms with E-state index in [1.807, 2.05) is 0 Å². The number of hydrogen-bond donors (Lipinski definition) is 2. The number of alkyl halides is 1. The summed E-state index contributed by atoms with van der Waals surface area (Å²) in [6.45, 7) is 3.96. The largest absolute Gasteiger partial charge is 0.394 e. The van der Waals surface area contributed by atoms with Crippen LogP contribution in [0.4, 0.5) is 4.79 Å². The summed E-state index contributed by atoms with van der Waals surface area (Å²) in [5.74, 6) is -0.483. The fraction of sp³-hybridized carbons (Fsp3) is 0.923. The maximum Gasteiger partial charge on any atom is 0.328 e. The monoisotopic (exact) mass is 587 g/mol. The molecule has 212 valence electrons. The smallest absolute Gasteiger partial charge is 0.328 e. The van der Waals surface area contributed by atoms with Crippen LogP contribution in [0.1, 0.15) is 110 Å². The van der Waals surface area contributed by atoms with Crippen molar-refractivity contribution in [2.75, 3.05) is 13.2 Å². The predicted octanol–water partition coefficient (Wildman–Crippen LogP) is 6.30. The van der Waals surface area contributed by atoms with Crippen molar-refractivity contribution in [2.45, 2.75) is 139 Å². The number of nitrogens with one attached hydrogen (secondary N) is 1. The van der Waals surface area contributed by atoms with Gasteiger partial charge in [0.2, 0.25) is 5.91 Å². The minimum atomic E-state index is -1.18. The molecule has 2 fully saturated rings. The summed E-state index contributed by atoms with van der Waals surface area (Å²) in [5.41, 5.74) is 8.81. The highest BCUT2D eigenvalue weighted by Crippen LogP contribution is 2.36. The van der Waals surface area contributed by atoms with Crippen LogP contribution in [0.2, 0.25) is 0 Å². The fourth-order valence-corrected chi connectivity index (χ4v) is 5.46. The lowest BCUT2D eigenvalue weighted by atomic mass is 10.0. The number of urea groups is 1. The lowest BCUT2D eigenvalue weighted by molar-refractivity contribution is -0.159. The zero-order chi connectivity index (χ0) is 27.1. The molecule has 0 bridgehead atoms. The second kappa shape index (κ2) is 17.2. The molecule has 0 aromatic heterocycles. The number of carbonyl (C=O) groups is 2. The Hall–Kier alpha value is -1.39. The van der Waals surface area contributed by atoms with E-state index in [-0.39, 0.29) is 13.0 Å². The number of amides is 3. The minimum absolute atomic E-state index is 0.207. The maximum absolute atomic E-state index is 12.8. The van der Waals surface area contributed by atoms with E-state index in [0.717, 1.165) is 19.3 Å². The van der Waals surface area contributed by atoms with Gasteiger partial charge in [0.1, 0.15) is 10.6 Å². The van der Waals surface area contributed by atoms with Gasteiger partial charge in [0.05, 0.1) is 18.8 Å². The number of hydrogen-bond acceptors (Lipinski definition) is 6. The molecule has 0 radical (unpaired) electrons. The van der Waals surface area contributed by atoms with Crippen LogP contribution in [0.15, 0.2) is 5.11 Å². The molecular weight excluding hydrogens is 542 g/mol. The number of aliphatic hydroxyl groups is 1. The van der Waals surface area contributed by atoms with Gasteiger partial charge in [-0.3, -0.25) is 15.0 Å². The van der Waals surface area contributed by atoms with Gasteiger partial charge in [0.15, 0.2) is 6.23 Å². The standard InChI is InChI=1S/C26H46BrN5O5/c1-3-4-5-6-7-8-9-10-11-12-13-14-15-16-17-36-24-26(2,27)23(34)29-25(35)32(24)22-18-20(30-31-28)21(19-33)37-22/h20-22,24,33H,3-19H2,1-2H3,(H,29,34,35)/t20-,21+,22+,24+,26-/m0/s1. The van der Waals surface area contributed by atoms with Crippen molar-refractivity contribution in [1.82, 2.24) is 10.2 Å². The molecule has 0 aromatic rings. The number of unbranched alkanes of at least 4 members (excludes halogenated alkanes) is 13. The molecule has 0 spiro atoms. The highest BCUT2D eigenvalue weighted by Gasteiger charge is 2.54. The average molecular weight is 589 g/mol. The second-order valence-electron chi connectivity index (χ2n) is 10.4. The molecule has 2 saturated heterocycles. The normalized spacial score (nSPS) is 27.8. The first kappa shape index (κ1) is 31.8. The van der Waals surface area contributed by atoms with E-state index in [2.05, 4.69) is 38.2 Å². The van der Waals surface area contributed by atoms with Crippen LogP contribution in [0.25, 0.3) is 10.4 Å². The third-order valence-corrected chi connectivity index (χ3v) is 8.04. The molecule has 0 unspecified atom stereocenters. The topological polar surface area (TPSA) is 137 Å². The van der Waals surface area contributed by atoms with Crippen molar-refractivity contribution in [1.29, 1.82) is 0 Å². The molecule has 11 heteroatoms. The fourth-order valence-electron chi connectivity index (χ4n) is 5.01. The molecule has 0 aliphatic carbocycles. The zero-order valence-electron chi connectivity index (χ0n) is 22.6. The Morgan fingerprint density at radius 3 is 2.14 bits per heavy atom. The van der Waals surface area contributed by atoms with E-state index in [9.17, 15) is 14.7 Å². The number of rotatable bonds is 19. The van der Waals surface area contributed by atoms with Crippen molar-refractivity contribution in [2.24, 2.45) is 5.11 Å². The molecule has 5 atom stereocenters. The van der Waals surface area contributed by atoms with Gasteiger partial charge in [0, 0.05) is 17.9 Å². The molecule has 3 amide bonds. The van der Waals surface area contributed by atoms with Gasteiger partial charge in [-0.25, -0.2) is 4.79 Å². The lowest BCUT2D eigenvalue weighted by Gasteiger charge is -2.45. The van der Waals surface area contributed by atoms with Crippen molar-refractivity contribution in [3.8, 4) is 0 Å². The van der Waals surface area contributed by atoms with E-state index in [1.54, 1.807) is 6.92 Å². The van der Waals surface area contributed by atoms with Crippen LogP contribution in [-0.4, -0.2) is 64.1 Å². The molecule has 2 aliphatic heterocycles. The second-order valence-corrected chi connectivity index (χ2v) is 12.0. The molecule has 10 nitrogen and oxygen atoms in total. The first-order valence-electron chi connectivity index (χ1n) is 14.1. The number of nitrogens with zero attached hydrogens (tertiary/aromatic N) is 4. The molecule has 2 aliphatic rings. The van der Waals surface area contributed by atoms with Crippen LogP contribution >= 0.6 is 15.9 Å². The van der Waals surface area contributed by atoms with Gasteiger partial charge >= 0.3 is 6.03 Å². The number of aliphatic hydroxyl groups excluding tert-OH is 1. The lowest BCUT2D eigenvalue weighted by Crippen LogP contribution is -2.69. The third-order valence-electron chi connectivity index (χ3n) is 7.28. The van der Waals surface area contributed by atoms with Gasteiger partial charge in [-0.2, -0.15) is 0 Å². The summed E-state index contributed by atoms with van der Waals surface area (Å²) in [4.78, 5) is 29.4. The van der Waals surface area contributed by atoms with Gasteiger partial charge in [-0.05, 0) is 18.9 Å². The van der Waals surface area contributed by atoms with Crippen LogP contribution in [0, 0.1) is 0 Å². The first-order chi connectivity index (χ1) is 17.9. The number of carbonyl (C=O) groups excluding carboxylic acids is 2. The van der Waals surface area contributed by atoms with E-state index < -0.39 is 40.9 Å². The summed E-state index contributed by atoms with van der Waals surface area (Å²) < 4.78 is 10.7. The summed E-state index contributed by atoms with van der Waals surface area (Å²) in [6, 6.07) is -1.24. The van der Waals surface area contributed by atoms with E-state index in [0.29, 0.717) is 6.61 Å². The SMILES string of the molecule is CCCCCCCCCCCCCCCCO[C@H]1N([C@H]2C[C@H](N=[N+]=[N-])[C@@H](CO)O2)C(=O)NC(=O)[C@]1(C)Br. The van der Waals surface area contributed by atoms with Gasteiger partial charge in [-0.1, -0.05) is 111 Å². The summed E-state index contributed by atoms with van der Waals surface area (Å²) in [6.07, 6.45) is 15.4. The molecule has 2 N–H and O–H groups in total. The summed E-state index contributed by atoms with van der Waals surface area (Å²) in [5, 5.41) is 15.6. The van der Waals surface area contributed by atoms with Crippen LogP contribution in [0.5, 0.6) is 0 Å². The van der Waals surface area contributed by atoms with E-state index in [4.69, 9.17) is 15.0 Å². The van der Waals surface area contributed by atoms with Crippen LogP contribution in [0.3, 0.4) is 0 Å². The maximum atomic E-state index is 12.8. The molecule has 0 saturated carbocycles. The number of ether oxygens (including phenoxy) is 2. The average Bonchev–Trinajstić information content (AvgIpc) is 3.27. The Bertz CT molecular complexity index is 749. The summed E-state index contributed by atoms with van der Waals surface area (Å²) >= 11 is 3.44. The predicted molar refractivity (Wildman–Crippen MR) is 146 cm³/mol. The Balaban J connectivity index is 1.71. The van der Waals surface area contributed by atoms with E-state index in [1.165, 1.54) is 75.5 Å². The van der Waals surface area contributed by atoms with Crippen molar-refractivity contribution >= 4 is 27.9 Å². The zero-order valence-corrected chi connectivity index (χ0v) is 24.2. The van der Waals surface area contributed by atoms with Crippen molar-refractivity contribution in [3.05, 3.63) is 10.4 Å². The third kappa shape index (κ3) is 10.0. The first-order valence-corrected chi connectivity index (χ1v) is 14.9. The van der Waals surface area contributed by atoms with Crippen LogP contribution < -0.4 is 5.32 Å². The molecule has 2 rings (SSSR count). The van der Waals surface area contributed by atoms with E-state index >= 15 is 0 Å². The molecule has 2 heterocycles. The number of azide groups is 1. The highest BCUT2D eigenvalue weighted by molar-refractivity contribution is 9.10. The van der Waals surface area contributed by atoms with Gasteiger partial charge in [-0.15, -0.1) is 0 Å². The Morgan fingerprint density at radius 2 is 1.62 bits per heavy atom. The molecule has 0 aromatic carbocycles. The Labute approximate surface area is 230 Å². The number of halogens is 1. The minimum Gasteiger partial charge on any atom is -0.394 e. The molecular formula is C26H46BrN5O5. The van der Waals surface area contributed by atoms with Gasteiger partial charge < -0.3 is 14.6 Å². The Morgan fingerprint density at radius 1 is 1.08 bits per heavy atom. The van der Waals surface area contributed by atoms with Crippen molar-refractivity contribution in [3.63, 3.8) is 0 Å². The highest BCUT2D eigenvalue weighted by atomic mass is 79.9. The summed E-state index contributed by atoms with van der Waals surface area (Å²) in [7, 11) is 0. The molecule has 37 heavy (non-hydrogen) atoms. The van der Waals surface area contributed by atoms with Crippen molar-refractivity contribution < 1.29 is 24.2 Å². The van der Waals surface area contributed by atoms with Gasteiger partial charge in [0.25, 0.3) is 0 Å². The van der Waals surface area contributed by atoms with Crippen LogP contribution in [-0.2, 0) is 14.3 Å².